The lowest BCUT2D eigenvalue weighted by Crippen LogP contribution is -2.33. The second kappa shape index (κ2) is 8.81. The fourth-order valence-corrected chi connectivity index (χ4v) is 1.79. The third kappa shape index (κ3) is 8.56. The van der Waals surface area contributed by atoms with Crippen molar-refractivity contribution >= 4 is 11.8 Å². The number of aliphatic hydroxyl groups excluding tert-OH is 1. The third-order valence-corrected chi connectivity index (χ3v) is 2.58. The van der Waals surface area contributed by atoms with E-state index in [1.807, 2.05) is 18.8 Å². The Morgan fingerprint density at radius 3 is 2.77 bits per heavy atom. The number of aliphatic hydroxyl groups is 1. The number of likely N-dealkylation sites (N-methyl/N-ethyl adjacent to an activating group) is 1. The van der Waals surface area contributed by atoms with Crippen LogP contribution in [0.3, 0.4) is 0 Å². The van der Waals surface area contributed by atoms with Crippen LogP contribution in [-0.2, 0) is 4.74 Å². The maximum atomic E-state index is 9.40. The molecule has 0 aliphatic rings. The summed E-state index contributed by atoms with van der Waals surface area (Å²) >= 11 is 1.92. The molecule has 0 aromatic heterocycles. The fraction of sp³-hybridized carbons (Fsp3) is 1.00. The van der Waals surface area contributed by atoms with Gasteiger partial charge in [0.1, 0.15) is 0 Å². The minimum atomic E-state index is -0.360. The van der Waals surface area contributed by atoms with Gasteiger partial charge in [-0.3, -0.25) is 0 Å². The highest BCUT2D eigenvalue weighted by molar-refractivity contribution is 7.99. The lowest BCUT2D eigenvalue weighted by Gasteiger charge is -2.19. The molecule has 3 nitrogen and oxygen atoms in total. The van der Waals surface area contributed by atoms with Crippen LogP contribution in [0.1, 0.15) is 6.92 Å². The van der Waals surface area contributed by atoms with Crippen LogP contribution in [0.25, 0.3) is 0 Å². The van der Waals surface area contributed by atoms with Crippen LogP contribution >= 0.6 is 11.8 Å². The fourth-order valence-electron chi connectivity index (χ4n) is 1.06. The smallest absolute Gasteiger partial charge is 0.0899 e. The lowest BCUT2D eigenvalue weighted by atomic mass is 10.3. The summed E-state index contributed by atoms with van der Waals surface area (Å²) in [5.74, 6) is 2.29. The van der Waals surface area contributed by atoms with E-state index in [1.165, 1.54) is 0 Å². The molecule has 0 aromatic rings. The minimum absolute atomic E-state index is 0.360. The molecule has 0 aliphatic heterocycles. The molecule has 0 fully saturated rings. The number of ether oxygens (including phenoxy) is 1. The predicted molar refractivity (Wildman–Crippen MR) is 58.4 cm³/mol. The van der Waals surface area contributed by atoms with Gasteiger partial charge >= 0.3 is 0 Å². The van der Waals surface area contributed by atoms with Crippen molar-refractivity contribution in [1.82, 2.24) is 4.90 Å². The summed E-state index contributed by atoms with van der Waals surface area (Å²) < 4.78 is 4.85. The van der Waals surface area contributed by atoms with Gasteiger partial charge in [0, 0.05) is 26.0 Å². The lowest BCUT2D eigenvalue weighted by molar-refractivity contribution is 0.0445. The molecule has 0 rings (SSSR count). The standard InChI is InChI=1S/C9H21NO2S/c1-4-13-6-5-10(2)7-9(11)8-12-3/h9,11H,4-8H2,1-3H3. The zero-order chi connectivity index (χ0) is 10.1. The first-order valence-corrected chi connectivity index (χ1v) is 5.79. The minimum Gasteiger partial charge on any atom is -0.389 e. The molecule has 0 radical (unpaired) electrons. The highest BCUT2D eigenvalue weighted by Gasteiger charge is 2.06. The number of hydrogen-bond acceptors (Lipinski definition) is 4. The van der Waals surface area contributed by atoms with Gasteiger partial charge in [-0.05, 0) is 12.8 Å². The predicted octanol–water partition coefficient (Wildman–Crippen LogP) is 0.679. The Labute approximate surface area is 85.4 Å². The highest BCUT2D eigenvalue weighted by Crippen LogP contribution is 1.99. The molecule has 0 saturated carbocycles. The van der Waals surface area contributed by atoms with Gasteiger partial charge in [-0.2, -0.15) is 11.8 Å². The summed E-state index contributed by atoms with van der Waals surface area (Å²) in [6.07, 6.45) is -0.360. The zero-order valence-corrected chi connectivity index (χ0v) is 9.64. The van der Waals surface area contributed by atoms with E-state index >= 15 is 0 Å². The molecule has 0 spiro atoms. The van der Waals surface area contributed by atoms with Gasteiger partial charge < -0.3 is 14.7 Å². The largest absolute Gasteiger partial charge is 0.389 e. The third-order valence-electron chi connectivity index (χ3n) is 1.70. The molecule has 4 heteroatoms. The summed E-state index contributed by atoms with van der Waals surface area (Å²) in [5, 5.41) is 9.40. The second-order valence-electron chi connectivity index (χ2n) is 3.07. The topological polar surface area (TPSA) is 32.7 Å². The molecule has 0 aliphatic carbocycles. The van der Waals surface area contributed by atoms with Crippen LogP contribution in [0.5, 0.6) is 0 Å². The van der Waals surface area contributed by atoms with E-state index in [0.717, 1.165) is 18.1 Å². The monoisotopic (exact) mass is 207 g/mol. The molecule has 0 bridgehead atoms. The number of hydrogen-bond donors (Lipinski definition) is 1. The molecule has 80 valence electrons. The van der Waals surface area contributed by atoms with Crippen molar-refractivity contribution in [2.45, 2.75) is 13.0 Å². The summed E-state index contributed by atoms with van der Waals surface area (Å²) in [6.45, 7) is 4.30. The van der Waals surface area contributed by atoms with E-state index in [-0.39, 0.29) is 6.10 Å². The molecule has 0 heterocycles. The maximum absolute atomic E-state index is 9.40. The summed E-state index contributed by atoms with van der Waals surface area (Å²) in [4.78, 5) is 2.13. The second-order valence-corrected chi connectivity index (χ2v) is 4.46. The first-order valence-electron chi connectivity index (χ1n) is 4.64. The first-order chi connectivity index (χ1) is 6.20. The Balaban J connectivity index is 3.32. The van der Waals surface area contributed by atoms with Gasteiger partial charge in [-0.15, -0.1) is 0 Å². The van der Waals surface area contributed by atoms with Crippen molar-refractivity contribution in [2.75, 3.05) is 45.4 Å². The molecule has 0 amide bonds. The van der Waals surface area contributed by atoms with Crippen LogP contribution in [0, 0.1) is 0 Å². The van der Waals surface area contributed by atoms with E-state index in [2.05, 4.69) is 11.8 Å². The SMILES string of the molecule is CCSCCN(C)CC(O)COC. The average molecular weight is 207 g/mol. The Hall–Kier alpha value is 0.230. The van der Waals surface area contributed by atoms with Crippen molar-refractivity contribution in [2.24, 2.45) is 0 Å². The molecule has 1 atom stereocenters. The molecular formula is C9H21NO2S. The van der Waals surface area contributed by atoms with Crippen molar-refractivity contribution in [3.8, 4) is 0 Å². The number of thioether (sulfide) groups is 1. The van der Waals surface area contributed by atoms with Gasteiger partial charge in [0.25, 0.3) is 0 Å². The highest BCUT2D eigenvalue weighted by atomic mass is 32.2. The molecule has 13 heavy (non-hydrogen) atoms. The number of methoxy groups -OCH3 is 1. The summed E-state index contributed by atoms with van der Waals surface area (Å²) in [7, 11) is 3.63. The van der Waals surface area contributed by atoms with Gasteiger partial charge in [0.2, 0.25) is 0 Å². The van der Waals surface area contributed by atoms with Crippen molar-refractivity contribution in [3.05, 3.63) is 0 Å². The average Bonchev–Trinajstić information content (AvgIpc) is 2.05. The Kier molecular flexibility index (Phi) is 8.97. The van der Waals surface area contributed by atoms with E-state index in [1.54, 1.807) is 7.11 Å². The number of rotatable bonds is 8. The summed E-state index contributed by atoms with van der Waals surface area (Å²) in [6, 6.07) is 0. The normalized spacial score (nSPS) is 13.6. The van der Waals surface area contributed by atoms with E-state index in [9.17, 15) is 5.11 Å². The summed E-state index contributed by atoms with van der Waals surface area (Å²) in [5.41, 5.74) is 0. The zero-order valence-electron chi connectivity index (χ0n) is 8.82. The molecule has 1 unspecified atom stereocenters. The van der Waals surface area contributed by atoms with Crippen molar-refractivity contribution in [3.63, 3.8) is 0 Å². The van der Waals surface area contributed by atoms with Crippen LogP contribution in [0.4, 0.5) is 0 Å². The van der Waals surface area contributed by atoms with Crippen LogP contribution in [0.2, 0.25) is 0 Å². The molecule has 0 saturated heterocycles. The Morgan fingerprint density at radius 1 is 1.54 bits per heavy atom. The number of nitrogens with zero attached hydrogens (tertiary/aromatic N) is 1. The van der Waals surface area contributed by atoms with Gasteiger partial charge in [-0.1, -0.05) is 6.92 Å². The van der Waals surface area contributed by atoms with Crippen LogP contribution < -0.4 is 0 Å². The van der Waals surface area contributed by atoms with Crippen LogP contribution in [-0.4, -0.2) is 61.5 Å². The maximum Gasteiger partial charge on any atom is 0.0899 e. The van der Waals surface area contributed by atoms with Crippen LogP contribution in [0.15, 0.2) is 0 Å². The van der Waals surface area contributed by atoms with Gasteiger partial charge in [-0.25, -0.2) is 0 Å². The van der Waals surface area contributed by atoms with E-state index in [4.69, 9.17) is 4.74 Å². The molecule has 1 N–H and O–H groups in total. The molecule has 0 aromatic carbocycles. The quantitative estimate of drug-likeness (QED) is 0.593. The van der Waals surface area contributed by atoms with Crippen molar-refractivity contribution < 1.29 is 9.84 Å². The van der Waals surface area contributed by atoms with Gasteiger partial charge in [0.15, 0.2) is 0 Å². The van der Waals surface area contributed by atoms with Crippen molar-refractivity contribution in [1.29, 1.82) is 0 Å². The van der Waals surface area contributed by atoms with E-state index < -0.39 is 0 Å². The molecular weight excluding hydrogens is 186 g/mol. The Morgan fingerprint density at radius 2 is 2.23 bits per heavy atom. The Bertz CT molecular complexity index is 114. The first kappa shape index (κ1) is 13.2. The van der Waals surface area contributed by atoms with E-state index in [0.29, 0.717) is 13.2 Å². The van der Waals surface area contributed by atoms with Gasteiger partial charge in [0.05, 0.1) is 12.7 Å².